The fourth-order valence-electron chi connectivity index (χ4n) is 4.06. The number of hydrogen-bond donors (Lipinski definition) is 1. The minimum Gasteiger partial charge on any atom is -0.546 e. The second-order valence-electron chi connectivity index (χ2n) is 8.27. The number of carbonyl (C=O) groups excluding carboxylic acids is 2. The van der Waals surface area contributed by atoms with E-state index < -0.39 is 18.6 Å². The molecule has 0 saturated heterocycles. The minimum atomic E-state index is -1.32. The standard InChI is InChI=1S/C27H20BrN3O5S2/c1-15-23(25(34)30-17-6-3-2-4-7-17)24(20-8-5-11-37-20)31-26(35)21(38-27(31)29-15)13-16-9-10-19(18(28)12-16)36-14-22(32)33/h2-13,24H,14H2,1H3,(H,30,34)(H,32,33)/p-1/b21-13+. The lowest BCUT2D eigenvalue weighted by molar-refractivity contribution is -0.307. The fourth-order valence-corrected chi connectivity index (χ4v) is 6.44. The normalized spacial score (nSPS) is 15.1. The molecule has 0 fully saturated rings. The second-order valence-corrected chi connectivity index (χ2v) is 11.1. The largest absolute Gasteiger partial charge is 0.546 e. The summed E-state index contributed by atoms with van der Waals surface area (Å²) in [4.78, 5) is 43.9. The molecule has 38 heavy (non-hydrogen) atoms. The van der Waals surface area contributed by atoms with Crippen LogP contribution in [0.4, 0.5) is 5.69 Å². The van der Waals surface area contributed by atoms with Crippen LogP contribution >= 0.6 is 38.6 Å². The van der Waals surface area contributed by atoms with Crippen molar-refractivity contribution >= 4 is 62.2 Å². The Hall–Kier alpha value is -3.80. The molecule has 0 radical (unpaired) electrons. The second kappa shape index (κ2) is 10.9. The van der Waals surface area contributed by atoms with Crippen molar-refractivity contribution in [2.75, 3.05) is 11.9 Å². The van der Waals surface area contributed by atoms with Crippen LogP contribution in [-0.2, 0) is 9.59 Å². The van der Waals surface area contributed by atoms with Crippen molar-refractivity contribution in [1.82, 2.24) is 4.57 Å². The molecule has 5 rings (SSSR count). The smallest absolute Gasteiger partial charge is 0.271 e. The Labute approximate surface area is 233 Å². The van der Waals surface area contributed by atoms with Crippen LogP contribution in [0.25, 0.3) is 6.08 Å². The Morgan fingerprint density at radius 2 is 1.97 bits per heavy atom. The Kier molecular flexibility index (Phi) is 7.41. The number of carboxylic acids is 1. The predicted octanol–water partition coefficient (Wildman–Crippen LogP) is 2.83. The highest BCUT2D eigenvalue weighted by molar-refractivity contribution is 9.10. The Morgan fingerprint density at radius 3 is 2.66 bits per heavy atom. The number of carboxylic acid groups (broad SMARTS) is 1. The third kappa shape index (κ3) is 5.26. The summed E-state index contributed by atoms with van der Waals surface area (Å²) >= 11 is 6.08. The highest BCUT2D eigenvalue weighted by Crippen LogP contribution is 2.33. The topological polar surface area (TPSA) is 113 Å². The zero-order chi connectivity index (χ0) is 26.8. The maximum absolute atomic E-state index is 13.7. The highest BCUT2D eigenvalue weighted by atomic mass is 79.9. The van der Waals surface area contributed by atoms with Gasteiger partial charge in [0.25, 0.3) is 11.5 Å². The predicted molar refractivity (Wildman–Crippen MR) is 148 cm³/mol. The minimum absolute atomic E-state index is 0.266. The maximum Gasteiger partial charge on any atom is 0.271 e. The van der Waals surface area contributed by atoms with Gasteiger partial charge in [0.05, 0.1) is 26.2 Å². The first kappa shape index (κ1) is 25.8. The van der Waals surface area contributed by atoms with Gasteiger partial charge in [-0.15, -0.1) is 11.3 Å². The molecule has 3 heterocycles. The number of fused-ring (bicyclic) bond motifs is 1. The van der Waals surface area contributed by atoms with Gasteiger partial charge in [0.15, 0.2) is 4.80 Å². The van der Waals surface area contributed by atoms with Crippen molar-refractivity contribution in [2.45, 2.75) is 13.0 Å². The van der Waals surface area contributed by atoms with Gasteiger partial charge >= 0.3 is 0 Å². The summed E-state index contributed by atoms with van der Waals surface area (Å²) in [7, 11) is 0. The number of nitrogens with zero attached hydrogens (tertiary/aromatic N) is 2. The quantitative estimate of drug-likeness (QED) is 0.347. The third-order valence-electron chi connectivity index (χ3n) is 5.71. The fraction of sp³-hybridized carbons (Fsp3) is 0.111. The molecule has 2 aromatic carbocycles. The van der Waals surface area contributed by atoms with Crippen molar-refractivity contribution in [3.63, 3.8) is 0 Å². The van der Waals surface area contributed by atoms with Gasteiger partial charge in [-0.3, -0.25) is 14.2 Å². The van der Waals surface area contributed by atoms with E-state index in [9.17, 15) is 19.5 Å². The van der Waals surface area contributed by atoms with Gasteiger partial charge in [-0.25, -0.2) is 4.99 Å². The van der Waals surface area contributed by atoms with Crippen LogP contribution in [0.2, 0.25) is 0 Å². The van der Waals surface area contributed by atoms with Crippen molar-refractivity contribution in [3.05, 3.63) is 112 Å². The van der Waals surface area contributed by atoms with Crippen molar-refractivity contribution < 1.29 is 19.4 Å². The number of amides is 1. The van der Waals surface area contributed by atoms with Gasteiger partial charge in [0.1, 0.15) is 18.4 Å². The summed E-state index contributed by atoms with van der Waals surface area (Å²) in [5.41, 5.74) is 2.04. The van der Waals surface area contributed by atoms with E-state index in [1.165, 1.54) is 22.7 Å². The zero-order valence-electron chi connectivity index (χ0n) is 19.8. The molecule has 1 atom stereocenters. The summed E-state index contributed by atoms with van der Waals surface area (Å²) in [6.45, 7) is 1.21. The Bertz CT molecular complexity index is 1740. The maximum atomic E-state index is 13.7. The van der Waals surface area contributed by atoms with Gasteiger partial charge in [-0.05, 0) is 70.2 Å². The van der Waals surface area contributed by atoms with Crippen LogP contribution in [0.1, 0.15) is 23.4 Å². The first-order valence-electron chi connectivity index (χ1n) is 11.4. The number of thiazole rings is 1. The summed E-state index contributed by atoms with van der Waals surface area (Å²) in [5, 5.41) is 15.5. The Balaban J connectivity index is 1.56. The summed E-state index contributed by atoms with van der Waals surface area (Å²) < 4.78 is 7.74. The van der Waals surface area contributed by atoms with Crippen LogP contribution in [0.3, 0.4) is 0 Å². The number of carbonyl (C=O) groups is 2. The number of hydrogen-bond acceptors (Lipinski definition) is 8. The molecule has 0 spiro atoms. The van der Waals surface area contributed by atoms with E-state index in [1.807, 2.05) is 35.7 Å². The van der Waals surface area contributed by atoms with E-state index in [1.54, 1.807) is 47.9 Å². The summed E-state index contributed by atoms with van der Waals surface area (Å²) in [5.74, 6) is -1.30. The van der Waals surface area contributed by atoms with Gasteiger partial charge in [-0.1, -0.05) is 41.7 Å². The molecule has 1 aliphatic rings. The van der Waals surface area contributed by atoms with Crippen molar-refractivity contribution in [1.29, 1.82) is 0 Å². The lowest BCUT2D eigenvalue weighted by Gasteiger charge is -2.24. The SMILES string of the molecule is CC1=C(C(=O)Nc2ccccc2)C(c2cccs2)n2c(s/c(=C/c3ccc(OCC(=O)[O-])c(Br)c3)c2=O)=N1. The van der Waals surface area contributed by atoms with E-state index in [2.05, 4.69) is 26.2 Å². The van der Waals surface area contributed by atoms with Crippen LogP contribution in [0.15, 0.2) is 91.6 Å². The number of thiophene rings is 1. The van der Waals surface area contributed by atoms with Gasteiger partial charge in [-0.2, -0.15) is 0 Å². The van der Waals surface area contributed by atoms with Gasteiger partial charge < -0.3 is 20.0 Å². The number of aliphatic carboxylic acids is 1. The monoisotopic (exact) mass is 608 g/mol. The molecule has 1 unspecified atom stereocenters. The zero-order valence-corrected chi connectivity index (χ0v) is 23.1. The first-order chi connectivity index (χ1) is 18.3. The van der Waals surface area contributed by atoms with E-state index >= 15 is 0 Å². The Morgan fingerprint density at radius 1 is 1.18 bits per heavy atom. The van der Waals surface area contributed by atoms with Crippen LogP contribution < -0.4 is 30.1 Å². The van der Waals surface area contributed by atoms with E-state index in [0.29, 0.717) is 42.1 Å². The number of anilines is 1. The molecule has 1 aliphatic heterocycles. The number of halogens is 1. The summed E-state index contributed by atoms with van der Waals surface area (Å²) in [6.07, 6.45) is 1.73. The molecule has 11 heteroatoms. The molecule has 192 valence electrons. The molecular weight excluding hydrogens is 590 g/mol. The average Bonchev–Trinajstić information content (AvgIpc) is 3.52. The van der Waals surface area contributed by atoms with Crippen LogP contribution in [-0.4, -0.2) is 23.1 Å². The molecule has 4 aromatic rings. The lowest BCUT2D eigenvalue weighted by Crippen LogP contribution is -2.40. The number of benzene rings is 2. The summed E-state index contributed by atoms with van der Waals surface area (Å²) in [6, 6.07) is 17.4. The number of para-hydroxylation sites is 1. The molecular formula is C27H19BrN3O5S2-. The van der Waals surface area contributed by atoms with E-state index in [-0.39, 0.29) is 11.5 Å². The number of rotatable bonds is 7. The number of ether oxygens (including phenoxy) is 1. The van der Waals surface area contributed by atoms with Crippen molar-refractivity contribution in [2.24, 2.45) is 4.99 Å². The van der Waals surface area contributed by atoms with Crippen molar-refractivity contribution in [3.8, 4) is 5.75 Å². The highest BCUT2D eigenvalue weighted by Gasteiger charge is 2.33. The van der Waals surface area contributed by atoms with Gasteiger partial charge in [0, 0.05) is 10.6 Å². The lowest BCUT2D eigenvalue weighted by atomic mass is 10.0. The molecule has 1 N–H and O–H groups in total. The number of aromatic nitrogens is 1. The first-order valence-corrected chi connectivity index (χ1v) is 13.9. The van der Waals surface area contributed by atoms with Crippen LogP contribution in [0, 0.1) is 0 Å². The third-order valence-corrected chi connectivity index (χ3v) is 8.24. The molecule has 8 nitrogen and oxygen atoms in total. The number of nitrogens with one attached hydrogen (secondary N) is 1. The number of allylic oxidation sites excluding steroid dienone is 1. The molecule has 2 aromatic heterocycles. The van der Waals surface area contributed by atoms with Crippen LogP contribution in [0.5, 0.6) is 5.75 Å². The molecule has 0 bridgehead atoms. The molecule has 0 saturated carbocycles. The van der Waals surface area contributed by atoms with E-state index in [0.717, 1.165) is 4.88 Å². The molecule has 0 aliphatic carbocycles. The average molecular weight is 610 g/mol. The van der Waals surface area contributed by atoms with E-state index in [4.69, 9.17) is 4.74 Å². The van der Waals surface area contributed by atoms with Gasteiger partial charge in [0.2, 0.25) is 0 Å². The molecule has 1 amide bonds.